The van der Waals surface area contributed by atoms with E-state index < -0.39 is 0 Å². The molecule has 28 heavy (non-hydrogen) atoms. The van der Waals surface area contributed by atoms with E-state index in [9.17, 15) is 4.79 Å². The van der Waals surface area contributed by atoms with Gasteiger partial charge in [-0.2, -0.15) is 10.2 Å². The van der Waals surface area contributed by atoms with Gasteiger partial charge in [-0.3, -0.25) is 4.79 Å². The number of para-hydroxylation sites is 1. The Kier molecular flexibility index (Phi) is 5.35. The molecule has 1 amide bonds. The van der Waals surface area contributed by atoms with Crippen LogP contribution in [0.1, 0.15) is 10.6 Å². The topological polar surface area (TPSA) is 72.2 Å². The molecule has 0 saturated heterocycles. The fourth-order valence-corrected chi connectivity index (χ4v) is 3.42. The van der Waals surface area contributed by atoms with Gasteiger partial charge in [-0.1, -0.05) is 48.5 Å². The lowest BCUT2D eigenvalue weighted by molar-refractivity contribution is -0.120. The third-order valence-electron chi connectivity index (χ3n) is 3.96. The van der Waals surface area contributed by atoms with Crippen LogP contribution in [0.4, 0.5) is 0 Å². The Bertz CT molecular complexity index is 1090. The Labute approximate surface area is 166 Å². The minimum absolute atomic E-state index is 0.193. The minimum atomic E-state index is -0.208. The van der Waals surface area contributed by atoms with E-state index in [0.717, 1.165) is 27.5 Å². The van der Waals surface area contributed by atoms with Crippen molar-refractivity contribution in [3.05, 3.63) is 89.0 Å². The minimum Gasteiger partial charge on any atom is -0.273 e. The number of nitrogens with one attached hydrogen (secondary N) is 1. The van der Waals surface area contributed by atoms with Gasteiger partial charge in [0.05, 0.1) is 30.2 Å². The van der Waals surface area contributed by atoms with Crippen molar-refractivity contribution in [2.75, 3.05) is 0 Å². The van der Waals surface area contributed by atoms with Gasteiger partial charge in [-0.25, -0.2) is 15.1 Å². The van der Waals surface area contributed by atoms with Crippen LogP contribution in [-0.4, -0.2) is 26.9 Å². The molecule has 4 rings (SSSR count). The van der Waals surface area contributed by atoms with Crippen molar-refractivity contribution in [1.29, 1.82) is 0 Å². The van der Waals surface area contributed by atoms with Crippen molar-refractivity contribution < 1.29 is 4.79 Å². The molecule has 2 heterocycles. The van der Waals surface area contributed by atoms with Gasteiger partial charge >= 0.3 is 0 Å². The first-order valence-corrected chi connectivity index (χ1v) is 9.58. The fourth-order valence-electron chi connectivity index (χ4n) is 2.61. The number of amides is 1. The van der Waals surface area contributed by atoms with Crippen molar-refractivity contribution in [3.8, 4) is 16.9 Å². The van der Waals surface area contributed by atoms with E-state index in [1.54, 1.807) is 17.1 Å². The van der Waals surface area contributed by atoms with Crippen LogP contribution in [0.5, 0.6) is 0 Å². The Hall–Kier alpha value is -3.58. The number of nitrogens with zero attached hydrogens (tertiary/aromatic N) is 4. The maximum Gasteiger partial charge on any atom is 0.246 e. The monoisotopic (exact) mass is 387 g/mol. The van der Waals surface area contributed by atoms with Crippen LogP contribution in [0, 0.1) is 0 Å². The van der Waals surface area contributed by atoms with Crippen molar-refractivity contribution in [1.82, 2.24) is 20.2 Å². The molecule has 0 aliphatic rings. The van der Waals surface area contributed by atoms with Crippen LogP contribution in [0.15, 0.2) is 83.5 Å². The van der Waals surface area contributed by atoms with Crippen molar-refractivity contribution in [2.24, 2.45) is 5.10 Å². The van der Waals surface area contributed by atoms with Crippen LogP contribution in [-0.2, 0) is 11.2 Å². The van der Waals surface area contributed by atoms with Crippen LogP contribution in [0.3, 0.4) is 0 Å². The zero-order chi connectivity index (χ0) is 19.2. The molecular formula is C21H17N5OS. The number of carbonyl (C=O) groups is 1. The Morgan fingerprint density at radius 2 is 1.86 bits per heavy atom. The largest absolute Gasteiger partial charge is 0.273 e. The Morgan fingerprint density at radius 3 is 2.64 bits per heavy atom. The molecule has 1 N–H and O–H groups in total. The standard InChI is InChI=1S/C21H17N5OS/c27-20(11-21-24-19(15-28-21)17-7-3-1-4-8-17)25-22-12-16-13-23-26(14-16)18-9-5-2-6-10-18/h1-10,12-15H,11H2,(H,25,27)/b22-12-. The smallest absolute Gasteiger partial charge is 0.246 e. The lowest BCUT2D eigenvalue weighted by Gasteiger charge is -1.98. The van der Waals surface area contributed by atoms with Gasteiger partial charge < -0.3 is 0 Å². The summed E-state index contributed by atoms with van der Waals surface area (Å²) < 4.78 is 1.75. The molecule has 0 aliphatic heterocycles. The van der Waals surface area contributed by atoms with Crippen molar-refractivity contribution in [2.45, 2.75) is 6.42 Å². The lowest BCUT2D eigenvalue weighted by atomic mass is 10.2. The lowest BCUT2D eigenvalue weighted by Crippen LogP contribution is -2.19. The summed E-state index contributed by atoms with van der Waals surface area (Å²) in [7, 11) is 0. The normalized spacial score (nSPS) is 11.0. The van der Waals surface area contributed by atoms with Crippen LogP contribution in [0.2, 0.25) is 0 Å². The fraction of sp³-hybridized carbons (Fsp3) is 0.0476. The van der Waals surface area contributed by atoms with Gasteiger partial charge in [0, 0.05) is 22.7 Å². The van der Waals surface area contributed by atoms with E-state index in [-0.39, 0.29) is 12.3 Å². The zero-order valence-electron chi connectivity index (χ0n) is 14.9. The molecule has 2 aromatic heterocycles. The molecule has 7 heteroatoms. The molecule has 0 spiro atoms. The number of aromatic nitrogens is 3. The summed E-state index contributed by atoms with van der Waals surface area (Å²) >= 11 is 1.47. The molecule has 138 valence electrons. The summed E-state index contributed by atoms with van der Waals surface area (Å²) in [4.78, 5) is 16.6. The zero-order valence-corrected chi connectivity index (χ0v) is 15.7. The summed E-state index contributed by atoms with van der Waals surface area (Å²) in [6.07, 6.45) is 5.30. The quantitative estimate of drug-likeness (QED) is 0.405. The molecule has 0 radical (unpaired) electrons. The predicted molar refractivity (Wildman–Crippen MR) is 111 cm³/mol. The first-order valence-electron chi connectivity index (χ1n) is 8.70. The summed E-state index contributed by atoms with van der Waals surface area (Å²) in [6.45, 7) is 0. The summed E-state index contributed by atoms with van der Waals surface area (Å²) in [6, 6.07) is 19.7. The number of rotatable bonds is 6. The second-order valence-electron chi connectivity index (χ2n) is 6.02. The predicted octanol–water partition coefficient (Wildman–Crippen LogP) is 3.69. The van der Waals surface area contributed by atoms with E-state index in [1.165, 1.54) is 11.3 Å². The number of hydrogen-bond donors (Lipinski definition) is 1. The molecule has 0 saturated carbocycles. The number of thiazole rings is 1. The highest BCUT2D eigenvalue weighted by Crippen LogP contribution is 2.21. The summed E-state index contributed by atoms with van der Waals surface area (Å²) in [5.41, 5.74) is 6.22. The number of carbonyl (C=O) groups excluding carboxylic acids is 1. The maximum absolute atomic E-state index is 12.1. The summed E-state index contributed by atoms with van der Waals surface area (Å²) in [5.74, 6) is -0.208. The van der Waals surface area contributed by atoms with E-state index >= 15 is 0 Å². The Balaban J connectivity index is 1.32. The summed E-state index contributed by atoms with van der Waals surface area (Å²) in [5, 5.41) is 11.0. The second-order valence-corrected chi connectivity index (χ2v) is 6.96. The van der Waals surface area contributed by atoms with Gasteiger partial charge in [0.15, 0.2) is 0 Å². The molecule has 6 nitrogen and oxygen atoms in total. The second kappa shape index (κ2) is 8.41. The van der Waals surface area contributed by atoms with Crippen molar-refractivity contribution >= 4 is 23.5 Å². The molecule has 4 aromatic rings. The van der Waals surface area contributed by atoms with E-state index in [0.29, 0.717) is 0 Å². The first kappa shape index (κ1) is 17.8. The number of benzene rings is 2. The van der Waals surface area contributed by atoms with E-state index in [4.69, 9.17) is 0 Å². The van der Waals surface area contributed by atoms with Crippen LogP contribution >= 0.6 is 11.3 Å². The average molecular weight is 387 g/mol. The number of hydrogen-bond acceptors (Lipinski definition) is 5. The van der Waals surface area contributed by atoms with Gasteiger partial charge in [0.25, 0.3) is 0 Å². The maximum atomic E-state index is 12.1. The molecule has 2 aromatic carbocycles. The van der Waals surface area contributed by atoms with E-state index in [1.807, 2.05) is 72.2 Å². The molecule has 0 bridgehead atoms. The molecule has 0 fully saturated rings. The molecule has 0 aliphatic carbocycles. The third kappa shape index (κ3) is 4.39. The number of hydrazone groups is 1. The van der Waals surface area contributed by atoms with Crippen LogP contribution in [0.25, 0.3) is 16.9 Å². The first-order chi connectivity index (χ1) is 13.8. The highest BCUT2D eigenvalue weighted by Gasteiger charge is 2.08. The van der Waals surface area contributed by atoms with Gasteiger partial charge in [0.2, 0.25) is 5.91 Å². The molecule has 0 unspecified atom stereocenters. The van der Waals surface area contributed by atoms with Gasteiger partial charge in [-0.05, 0) is 12.1 Å². The highest BCUT2D eigenvalue weighted by atomic mass is 32.1. The molecule has 0 atom stereocenters. The highest BCUT2D eigenvalue weighted by molar-refractivity contribution is 7.10. The van der Waals surface area contributed by atoms with Gasteiger partial charge in [-0.15, -0.1) is 11.3 Å². The Morgan fingerprint density at radius 1 is 1.11 bits per heavy atom. The van der Waals surface area contributed by atoms with Crippen LogP contribution < -0.4 is 5.43 Å². The van der Waals surface area contributed by atoms with Crippen molar-refractivity contribution in [3.63, 3.8) is 0 Å². The third-order valence-corrected chi connectivity index (χ3v) is 4.81. The van der Waals surface area contributed by atoms with Gasteiger partial charge in [0.1, 0.15) is 5.01 Å². The SMILES string of the molecule is O=C(Cc1nc(-c2ccccc2)cs1)N/N=C\c1cnn(-c2ccccc2)c1. The molecular weight excluding hydrogens is 370 g/mol. The van der Waals surface area contributed by atoms with E-state index in [2.05, 4.69) is 20.6 Å². The average Bonchev–Trinajstić information content (AvgIpc) is 3.39.